The second-order valence-electron chi connectivity index (χ2n) is 4.38. The molecule has 0 aliphatic heterocycles. The Bertz CT molecular complexity index is 355. The van der Waals surface area contributed by atoms with Crippen LogP contribution in [0.3, 0.4) is 0 Å². The minimum absolute atomic E-state index is 0.288. The molecule has 108 valence electrons. The topological polar surface area (TPSA) is 50.7 Å². The van der Waals surface area contributed by atoms with Crippen LogP contribution < -0.4 is 14.8 Å². The molecular formula is C15H25NO3. The fourth-order valence-electron chi connectivity index (χ4n) is 1.87. The molecule has 0 heterocycles. The quantitative estimate of drug-likeness (QED) is 0.639. The van der Waals surface area contributed by atoms with E-state index < -0.39 is 0 Å². The third kappa shape index (κ3) is 5.94. The van der Waals surface area contributed by atoms with Crippen molar-refractivity contribution >= 4 is 0 Å². The van der Waals surface area contributed by atoms with Crippen LogP contribution in [0.15, 0.2) is 18.2 Å². The first kappa shape index (κ1) is 15.8. The molecule has 4 nitrogen and oxygen atoms in total. The number of benzene rings is 1. The molecule has 0 atom stereocenters. The molecule has 19 heavy (non-hydrogen) atoms. The lowest BCUT2D eigenvalue weighted by atomic mass is 10.2. The summed E-state index contributed by atoms with van der Waals surface area (Å²) in [6.45, 7) is 4.67. The molecule has 0 radical (unpaired) electrons. The van der Waals surface area contributed by atoms with E-state index in [0.717, 1.165) is 43.9 Å². The molecule has 0 saturated heterocycles. The summed E-state index contributed by atoms with van der Waals surface area (Å²) in [4.78, 5) is 0. The van der Waals surface area contributed by atoms with E-state index in [1.165, 1.54) is 5.56 Å². The lowest BCUT2D eigenvalue weighted by molar-refractivity contribution is 0.283. The zero-order valence-electron chi connectivity index (χ0n) is 11.9. The molecule has 2 N–H and O–H groups in total. The lowest BCUT2D eigenvalue weighted by Gasteiger charge is -2.11. The molecule has 0 amide bonds. The maximum absolute atomic E-state index is 8.68. The Balaban J connectivity index is 2.37. The fraction of sp³-hybridized carbons (Fsp3) is 0.600. The van der Waals surface area contributed by atoms with Crippen LogP contribution in [0.2, 0.25) is 0 Å². The fourth-order valence-corrected chi connectivity index (χ4v) is 1.87. The van der Waals surface area contributed by atoms with E-state index in [4.69, 9.17) is 14.6 Å². The van der Waals surface area contributed by atoms with E-state index in [1.807, 2.05) is 25.1 Å². The van der Waals surface area contributed by atoms with Crippen molar-refractivity contribution < 1.29 is 14.6 Å². The van der Waals surface area contributed by atoms with E-state index in [2.05, 4.69) is 5.32 Å². The van der Waals surface area contributed by atoms with Crippen LogP contribution in [0, 0.1) is 0 Å². The van der Waals surface area contributed by atoms with Gasteiger partial charge in [0, 0.05) is 13.2 Å². The van der Waals surface area contributed by atoms with Crippen molar-refractivity contribution in [3.05, 3.63) is 23.8 Å². The normalized spacial score (nSPS) is 10.5. The SMILES string of the molecule is CCOc1ccc(CNCCCCCO)cc1OC. The van der Waals surface area contributed by atoms with Crippen molar-refractivity contribution in [2.75, 3.05) is 26.9 Å². The molecule has 0 aromatic heterocycles. The molecule has 0 bridgehead atoms. The van der Waals surface area contributed by atoms with E-state index in [0.29, 0.717) is 6.61 Å². The molecule has 1 aromatic carbocycles. The number of hydrogen-bond donors (Lipinski definition) is 2. The third-order valence-electron chi connectivity index (χ3n) is 2.87. The number of methoxy groups -OCH3 is 1. The van der Waals surface area contributed by atoms with E-state index in [-0.39, 0.29) is 6.61 Å². The first-order chi connectivity index (χ1) is 9.31. The van der Waals surface area contributed by atoms with E-state index in [9.17, 15) is 0 Å². The summed E-state index contributed by atoms with van der Waals surface area (Å²) in [7, 11) is 1.66. The minimum Gasteiger partial charge on any atom is -0.493 e. The summed E-state index contributed by atoms with van der Waals surface area (Å²) >= 11 is 0. The highest BCUT2D eigenvalue weighted by atomic mass is 16.5. The van der Waals surface area contributed by atoms with Crippen LogP contribution in [0.4, 0.5) is 0 Å². The average molecular weight is 267 g/mol. The first-order valence-electron chi connectivity index (χ1n) is 6.93. The van der Waals surface area contributed by atoms with Gasteiger partial charge in [-0.1, -0.05) is 6.07 Å². The number of unbranched alkanes of at least 4 members (excludes halogenated alkanes) is 2. The Morgan fingerprint density at radius 2 is 2.00 bits per heavy atom. The molecule has 1 rings (SSSR count). The van der Waals surface area contributed by atoms with Gasteiger partial charge in [-0.25, -0.2) is 0 Å². The third-order valence-corrected chi connectivity index (χ3v) is 2.87. The first-order valence-corrected chi connectivity index (χ1v) is 6.93. The number of ether oxygens (including phenoxy) is 2. The minimum atomic E-state index is 0.288. The van der Waals surface area contributed by atoms with Crippen molar-refractivity contribution in [3.8, 4) is 11.5 Å². The smallest absolute Gasteiger partial charge is 0.161 e. The van der Waals surface area contributed by atoms with Gasteiger partial charge in [-0.15, -0.1) is 0 Å². The van der Waals surface area contributed by atoms with Gasteiger partial charge in [0.2, 0.25) is 0 Å². The maximum atomic E-state index is 8.68. The highest BCUT2D eigenvalue weighted by molar-refractivity contribution is 5.42. The van der Waals surface area contributed by atoms with Crippen LogP contribution in [0.5, 0.6) is 11.5 Å². The van der Waals surface area contributed by atoms with Crippen LogP contribution in [0.1, 0.15) is 31.7 Å². The van der Waals surface area contributed by atoms with Crippen molar-refractivity contribution in [2.45, 2.75) is 32.7 Å². The van der Waals surface area contributed by atoms with Gasteiger partial charge in [-0.3, -0.25) is 0 Å². The van der Waals surface area contributed by atoms with Crippen LogP contribution in [-0.4, -0.2) is 32.0 Å². The van der Waals surface area contributed by atoms with Gasteiger partial charge in [-0.05, 0) is 50.4 Å². The molecule has 1 aromatic rings. The van der Waals surface area contributed by atoms with Crippen molar-refractivity contribution in [1.29, 1.82) is 0 Å². The zero-order valence-corrected chi connectivity index (χ0v) is 11.9. The predicted octanol–water partition coefficient (Wildman–Crippen LogP) is 2.35. The summed E-state index contributed by atoms with van der Waals surface area (Å²) in [5, 5.41) is 12.1. The Morgan fingerprint density at radius 1 is 1.16 bits per heavy atom. The summed E-state index contributed by atoms with van der Waals surface area (Å²) < 4.78 is 10.8. The summed E-state index contributed by atoms with van der Waals surface area (Å²) in [6, 6.07) is 6.01. The Labute approximate surface area is 115 Å². The number of rotatable bonds is 10. The van der Waals surface area contributed by atoms with Gasteiger partial charge in [0.05, 0.1) is 13.7 Å². The maximum Gasteiger partial charge on any atom is 0.161 e. The van der Waals surface area contributed by atoms with Gasteiger partial charge < -0.3 is 19.9 Å². The molecule has 0 aliphatic carbocycles. The lowest BCUT2D eigenvalue weighted by Crippen LogP contribution is -2.14. The van der Waals surface area contributed by atoms with Gasteiger partial charge in [0.1, 0.15) is 0 Å². The van der Waals surface area contributed by atoms with Gasteiger partial charge in [0.15, 0.2) is 11.5 Å². The molecule has 0 fully saturated rings. The van der Waals surface area contributed by atoms with Crippen LogP contribution in [-0.2, 0) is 6.54 Å². The molecule has 0 unspecified atom stereocenters. The second kappa shape index (κ2) is 9.64. The van der Waals surface area contributed by atoms with Gasteiger partial charge in [0.25, 0.3) is 0 Å². The Morgan fingerprint density at radius 3 is 2.68 bits per heavy atom. The summed E-state index contributed by atoms with van der Waals surface area (Å²) in [5.74, 6) is 1.57. The van der Waals surface area contributed by atoms with Crippen LogP contribution >= 0.6 is 0 Å². The van der Waals surface area contributed by atoms with Crippen LogP contribution in [0.25, 0.3) is 0 Å². The summed E-state index contributed by atoms with van der Waals surface area (Å²) in [6.07, 6.45) is 3.05. The number of nitrogens with one attached hydrogen (secondary N) is 1. The number of aliphatic hydroxyl groups excluding tert-OH is 1. The Hall–Kier alpha value is -1.26. The molecule has 0 saturated carbocycles. The van der Waals surface area contributed by atoms with E-state index >= 15 is 0 Å². The number of hydrogen-bond acceptors (Lipinski definition) is 4. The number of aliphatic hydroxyl groups is 1. The molecule has 4 heteroatoms. The zero-order chi connectivity index (χ0) is 13.9. The largest absolute Gasteiger partial charge is 0.493 e. The second-order valence-corrected chi connectivity index (χ2v) is 4.38. The Kier molecular flexibility index (Phi) is 8.02. The highest BCUT2D eigenvalue weighted by Crippen LogP contribution is 2.27. The predicted molar refractivity (Wildman–Crippen MR) is 76.8 cm³/mol. The van der Waals surface area contributed by atoms with Crippen molar-refractivity contribution in [1.82, 2.24) is 5.32 Å². The van der Waals surface area contributed by atoms with Gasteiger partial charge in [-0.2, -0.15) is 0 Å². The molecular weight excluding hydrogens is 242 g/mol. The molecule has 0 spiro atoms. The average Bonchev–Trinajstić information content (AvgIpc) is 2.44. The van der Waals surface area contributed by atoms with Crippen molar-refractivity contribution in [3.63, 3.8) is 0 Å². The standard InChI is InChI=1S/C15H25NO3/c1-3-19-14-8-7-13(11-15(14)18-2)12-16-9-5-4-6-10-17/h7-8,11,16-17H,3-6,9-10,12H2,1-2H3. The summed E-state index contributed by atoms with van der Waals surface area (Å²) in [5.41, 5.74) is 1.18. The van der Waals surface area contributed by atoms with Gasteiger partial charge >= 0.3 is 0 Å². The van der Waals surface area contributed by atoms with Crippen molar-refractivity contribution in [2.24, 2.45) is 0 Å². The molecule has 0 aliphatic rings. The highest BCUT2D eigenvalue weighted by Gasteiger charge is 2.04. The van der Waals surface area contributed by atoms with E-state index in [1.54, 1.807) is 7.11 Å². The monoisotopic (exact) mass is 267 g/mol.